The molecule has 0 aromatic heterocycles. The average molecular weight is 230 g/mol. The third-order valence-electron chi connectivity index (χ3n) is 2.10. The molecule has 1 saturated heterocycles. The van der Waals surface area contributed by atoms with Gasteiger partial charge in [-0.2, -0.15) is 0 Å². The maximum absolute atomic E-state index is 11.1. The molecule has 2 N–H and O–H groups in total. The molecule has 1 fully saturated rings. The summed E-state index contributed by atoms with van der Waals surface area (Å²) < 4.78 is 10.1. The van der Waals surface area contributed by atoms with E-state index in [1.54, 1.807) is 4.90 Å². The standard InChI is InChI=1S/C8H11N2O4P/c11-6(5-15-14)3-10-2-1-9-7(4-10)8(12)13/h7,9H,1-4H2,(H,12,13). The summed E-state index contributed by atoms with van der Waals surface area (Å²) >= 11 is 0. The summed E-state index contributed by atoms with van der Waals surface area (Å²) in [4.78, 5) is 23.4. The Morgan fingerprint density at radius 1 is 1.60 bits per heavy atom. The third-order valence-corrected chi connectivity index (χ3v) is 2.44. The van der Waals surface area contributed by atoms with E-state index in [1.807, 2.05) is 0 Å². The minimum absolute atomic E-state index is 0.0701. The fourth-order valence-electron chi connectivity index (χ4n) is 1.41. The van der Waals surface area contributed by atoms with Crippen molar-refractivity contribution in [2.75, 3.05) is 26.2 Å². The number of hydrogen-bond donors (Lipinski definition) is 2. The van der Waals surface area contributed by atoms with Gasteiger partial charge in [0.15, 0.2) is 0 Å². The summed E-state index contributed by atoms with van der Waals surface area (Å²) in [5.74, 6) is -1.31. The summed E-state index contributed by atoms with van der Waals surface area (Å²) in [5.41, 5.74) is 2.11. The summed E-state index contributed by atoms with van der Waals surface area (Å²) in [6.07, 6.45) is 0. The molecule has 6 nitrogen and oxygen atoms in total. The summed E-state index contributed by atoms with van der Waals surface area (Å²) in [6.45, 7) is 1.48. The molecular formula is C8H11N2O4P. The van der Waals surface area contributed by atoms with E-state index in [0.29, 0.717) is 13.1 Å². The van der Waals surface area contributed by atoms with Gasteiger partial charge in [-0.3, -0.25) is 0 Å². The summed E-state index contributed by atoms with van der Waals surface area (Å²) in [6, 6.07) is -0.642. The van der Waals surface area contributed by atoms with E-state index in [2.05, 4.69) is 10.9 Å². The van der Waals surface area contributed by atoms with Gasteiger partial charge >= 0.3 is 87.0 Å². The van der Waals surface area contributed by atoms with Gasteiger partial charge in [0.1, 0.15) is 0 Å². The van der Waals surface area contributed by atoms with Gasteiger partial charge in [-0.05, 0) is 0 Å². The zero-order valence-electron chi connectivity index (χ0n) is 7.97. The first-order valence-corrected chi connectivity index (χ1v) is 5.24. The zero-order chi connectivity index (χ0) is 11.3. The van der Waals surface area contributed by atoms with Crippen LogP contribution in [-0.4, -0.2) is 54.0 Å². The first-order chi connectivity index (χ1) is 7.13. The molecule has 1 unspecified atom stereocenters. The monoisotopic (exact) mass is 230 g/mol. The van der Waals surface area contributed by atoms with E-state index < -0.39 is 19.9 Å². The number of ketones is 1. The number of aliphatic carboxylic acids is 1. The number of rotatable bonds is 3. The fraction of sp³-hybridized carbons (Fsp3) is 0.625. The van der Waals surface area contributed by atoms with Gasteiger partial charge in [0.25, 0.3) is 0 Å². The van der Waals surface area contributed by atoms with Crippen molar-refractivity contribution in [3.05, 3.63) is 0 Å². The Balaban J connectivity index is 2.48. The van der Waals surface area contributed by atoms with Gasteiger partial charge < -0.3 is 0 Å². The van der Waals surface area contributed by atoms with E-state index in [1.165, 1.54) is 0 Å². The number of Topliss-reactive ketones (excluding diaryl/α,β-unsaturated/α-hetero) is 1. The predicted molar refractivity (Wildman–Crippen MR) is 52.4 cm³/mol. The number of nitrogens with one attached hydrogen (secondary N) is 1. The predicted octanol–water partition coefficient (Wildman–Crippen LogP) is -0.835. The van der Waals surface area contributed by atoms with Crippen molar-refractivity contribution in [1.29, 1.82) is 0 Å². The van der Waals surface area contributed by atoms with E-state index in [9.17, 15) is 14.2 Å². The number of carboxylic acid groups (broad SMARTS) is 1. The van der Waals surface area contributed by atoms with Crippen molar-refractivity contribution in [2.45, 2.75) is 6.04 Å². The Morgan fingerprint density at radius 3 is 2.93 bits per heavy atom. The van der Waals surface area contributed by atoms with Gasteiger partial charge in [0.05, 0.1) is 0 Å². The first kappa shape index (κ1) is 12.1. The van der Waals surface area contributed by atoms with Crippen LogP contribution in [0.4, 0.5) is 0 Å². The molecule has 0 aromatic rings. The van der Waals surface area contributed by atoms with Crippen molar-refractivity contribution in [3.63, 3.8) is 0 Å². The number of carbonyl (C=O) groups excluding carboxylic acids is 1. The Morgan fingerprint density at radius 2 is 2.33 bits per heavy atom. The van der Waals surface area contributed by atoms with Crippen LogP contribution < -0.4 is 5.32 Å². The molecule has 0 amide bonds. The molecule has 15 heavy (non-hydrogen) atoms. The molecular weight excluding hydrogens is 219 g/mol. The van der Waals surface area contributed by atoms with Crippen LogP contribution in [0.2, 0.25) is 0 Å². The molecule has 1 aliphatic rings. The zero-order valence-corrected chi connectivity index (χ0v) is 8.87. The molecule has 0 aliphatic carbocycles. The van der Waals surface area contributed by atoms with Gasteiger partial charge in [-0.15, -0.1) is 0 Å². The third kappa shape index (κ3) is 3.98. The molecule has 82 valence electrons. The van der Waals surface area contributed by atoms with Gasteiger partial charge in [0, 0.05) is 0 Å². The number of carboxylic acids is 1. The Bertz CT molecular complexity index is 364. The van der Waals surface area contributed by atoms with Crippen LogP contribution in [0.25, 0.3) is 0 Å². The van der Waals surface area contributed by atoms with E-state index in [-0.39, 0.29) is 18.9 Å². The van der Waals surface area contributed by atoms with E-state index in [0.717, 1.165) is 0 Å². The van der Waals surface area contributed by atoms with Crippen LogP contribution >= 0.6 is 7.92 Å². The van der Waals surface area contributed by atoms with Crippen molar-refractivity contribution in [1.82, 2.24) is 10.2 Å². The second kappa shape index (κ2) is 5.83. The van der Waals surface area contributed by atoms with Crippen LogP contribution in [0, 0.1) is 5.63 Å². The quantitative estimate of drug-likeness (QED) is 0.615. The number of hydrogen-bond acceptors (Lipinski definition) is 5. The second-order valence-electron chi connectivity index (χ2n) is 3.21. The summed E-state index contributed by atoms with van der Waals surface area (Å²) in [7, 11) is -0.431. The van der Waals surface area contributed by atoms with E-state index in [4.69, 9.17) is 5.11 Å². The van der Waals surface area contributed by atoms with Crippen molar-refractivity contribution < 1.29 is 19.3 Å². The van der Waals surface area contributed by atoms with E-state index >= 15 is 0 Å². The van der Waals surface area contributed by atoms with Crippen LogP contribution in [0.3, 0.4) is 0 Å². The van der Waals surface area contributed by atoms with Crippen molar-refractivity contribution >= 4 is 19.7 Å². The SMILES string of the molecule is O=P#CC(=O)CN1CCNC(C(=O)O)C1. The first-order valence-electron chi connectivity index (χ1n) is 4.43. The molecule has 1 aliphatic heterocycles. The topological polar surface area (TPSA) is 86.7 Å². The second-order valence-corrected chi connectivity index (χ2v) is 3.61. The minimum atomic E-state index is -0.929. The van der Waals surface area contributed by atoms with Crippen LogP contribution in [0.15, 0.2) is 0 Å². The summed E-state index contributed by atoms with van der Waals surface area (Å²) in [5, 5.41) is 11.6. The van der Waals surface area contributed by atoms with Crippen LogP contribution in [0.5, 0.6) is 0 Å². The fourth-order valence-corrected chi connectivity index (χ4v) is 1.58. The molecule has 1 atom stereocenters. The molecule has 0 bridgehead atoms. The molecule has 0 radical (unpaired) electrons. The Hall–Kier alpha value is -0.930. The van der Waals surface area contributed by atoms with Gasteiger partial charge in [0.2, 0.25) is 0 Å². The van der Waals surface area contributed by atoms with Crippen LogP contribution in [0.1, 0.15) is 0 Å². The van der Waals surface area contributed by atoms with Gasteiger partial charge in [-0.25, -0.2) is 0 Å². The number of piperazine rings is 1. The molecule has 7 heteroatoms. The van der Waals surface area contributed by atoms with Crippen LogP contribution in [-0.2, 0) is 14.2 Å². The Labute approximate surface area is 87.8 Å². The Kier molecular flexibility index (Phi) is 4.72. The normalized spacial score (nSPS) is 21.7. The molecule has 1 heterocycles. The molecule has 0 spiro atoms. The molecule has 0 aromatic carbocycles. The maximum atomic E-state index is 11.1. The van der Waals surface area contributed by atoms with Crippen molar-refractivity contribution in [2.24, 2.45) is 0 Å². The molecule has 1 rings (SSSR count). The van der Waals surface area contributed by atoms with Gasteiger partial charge in [-0.1, -0.05) is 0 Å². The number of carbonyl (C=O) groups is 2. The number of nitrogens with zero attached hydrogens (tertiary/aromatic N) is 1. The average Bonchev–Trinajstić information content (AvgIpc) is 2.18. The molecule has 0 saturated carbocycles. The van der Waals surface area contributed by atoms with Crippen molar-refractivity contribution in [3.8, 4) is 5.63 Å².